The van der Waals surface area contributed by atoms with E-state index in [1.807, 2.05) is 24.1 Å². The third kappa shape index (κ3) is 4.05. The molecule has 21 heavy (non-hydrogen) atoms. The third-order valence-electron chi connectivity index (χ3n) is 3.86. The molecular weight excluding hydrogens is 264 g/mol. The first-order chi connectivity index (χ1) is 9.91. The number of amides is 1. The van der Waals surface area contributed by atoms with Crippen LogP contribution in [0.4, 0.5) is 0 Å². The van der Waals surface area contributed by atoms with Crippen molar-refractivity contribution in [3.63, 3.8) is 0 Å². The Kier molecular flexibility index (Phi) is 5.01. The van der Waals surface area contributed by atoms with Crippen LogP contribution in [0.25, 0.3) is 0 Å². The molecule has 1 atom stereocenters. The van der Waals surface area contributed by atoms with Crippen molar-refractivity contribution < 1.29 is 9.53 Å². The van der Waals surface area contributed by atoms with Crippen LogP contribution in [-0.4, -0.2) is 50.2 Å². The molecule has 1 heterocycles. The van der Waals surface area contributed by atoms with Crippen LogP contribution < -0.4 is 5.32 Å². The average Bonchev–Trinajstić information content (AvgIpc) is 2.46. The van der Waals surface area contributed by atoms with E-state index in [0.29, 0.717) is 19.7 Å². The van der Waals surface area contributed by atoms with Crippen molar-refractivity contribution in [2.75, 3.05) is 33.3 Å². The lowest BCUT2D eigenvalue weighted by molar-refractivity contribution is -0.0196. The zero-order chi connectivity index (χ0) is 15.5. The second-order valence-corrected chi connectivity index (χ2v) is 6.63. The van der Waals surface area contributed by atoms with Gasteiger partial charge >= 0.3 is 0 Å². The molecule has 1 aliphatic rings. The molecule has 1 aromatic rings. The number of likely N-dealkylation sites (N-methyl/N-ethyl adjacent to an activating group) is 1. The highest BCUT2D eigenvalue weighted by atomic mass is 16.5. The predicted molar refractivity (Wildman–Crippen MR) is 84.7 cm³/mol. The smallest absolute Gasteiger partial charge is 0.254 e. The van der Waals surface area contributed by atoms with Gasteiger partial charge in [-0.3, -0.25) is 4.79 Å². The van der Waals surface area contributed by atoms with Gasteiger partial charge in [-0.2, -0.15) is 0 Å². The molecule has 1 aromatic carbocycles. The number of morpholine rings is 1. The van der Waals surface area contributed by atoms with Gasteiger partial charge in [0.1, 0.15) is 0 Å². The van der Waals surface area contributed by atoms with Crippen LogP contribution in [0.15, 0.2) is 24.3 Å². The van der Waals surface area contributed by atoms with Crippen molar-refractivity contribution in [1.29, 1.82) is 0 Å². The average molecular weight is 290 g/mol. The Balaban J connectivity index is 2.05. The number of nitrogens with one attached hydrogen (secondary N) is 1. The quantitative estimate of drug-likeness (QED) is 0.926. The second kappa shape index (κ2) is 6.58. The number of carbonyl (C=O) groups is 1. The van der Waals surface area contributed by atoms with Gasteiger partial charge in [-0.05, 0) is 30.2 Å². The molecule has 2 rings (SSSR count). The minimum absolute atomic E-state index is 0.0848. The molecule has 0 spiro atoms. The Morgan fingerprint density at radius 2 is 2.00 bits per heavy atom. The molecule has 0 radical (unpaired) electrons. The SMILES string of the molecule is CNCC1CN(C(=O)c2ccc(C(C)(C)C)cc2)CCO1. The summed E-state index contributed by atoms with van der Waals surface area (Å²) in [4.78, 5) is 14.4. The van der Waals surface area contributed by atoms with Crippen LogP contribution >= 0.6 is 0 Å². The highest BCUT2D eigenvalue weighted by Gasteiger charge is 2.24. The molecule has 1 amide bonds. The molecule has 0 aromatic heterocycles. The van der Waals surface area contributed by atoms with Crippen molar-refractivity contribution in [3.05, 3.63) is 35.4 Å². The Bertz CT molecular complexity index is 475. The zero-order valence-electron chi connectivity index (χ0n) is 13.5. The number of ether oxygens (including phenoxy) is 1. The maximum absolute atomic E-state index is 12.6. The van der Waals surface area contributed by atoms with Gasteiger partial charge in [0.25, 0.3) is 5.91 Å². The molecule has 4 heteroatoms. The van der Waals surface area contributed by atoms with Crippen LogP contribution in [0, 0.1) is 0 Å². The van der Waals surface area contributed by atoms with Gasteiger partial charge in [-0.25, -0.2) is 0 Å². The summed E-state index contributed by atoms with van der Waals surface area (Å²) < 4.78 is 5.64. The van der Waals surface area contributed by atoms with Gasteiger partial charge in [0, 0.05) is 25.2 Å². The molecule has 1 unspecified atom stereocenters. The molecule has 0 saturated carbocycles. The van der Waals surface area contributed by atoms with Crippen LogP contribution in [0.1, 0.15) is 36.7 Å². The van der Waals surface area contributed by atoms with E-state index in [1.54, 1.807) is 0 Å². The highest BCUT2D eigenvalue weighted by Crippen LogP contribution is 2.22. The maximum atomic E-state index is 12.6. The molecule has 4 nitrogen and oxygen atoms in total. The lowest BCUT2D eigenvalue weighted by Crippen LogP contribution is -2.48. The molecule has 1 fully saturated rings. The van der Waals surface area contributed by atoms with E-state index in [9.17, 15) is 4.79 Å². The monoisotopic (exact) mass is 290 g/mol. The van der Waals surface area contributed by atoms with Crippen LogP contribution in [0.3, 0.4) is 0 Å². The van der Waals surface area contributed by atoms with E-state index in [-0.39, 0.29) is 17.4 Å². The summed E-state index contributed by atoms with van der Waals surface area (Å²) in [6, 6.07) is 7.98. The van der Waals surface area contributed by atoms with E-state index >= 15 is 0 Å². The molecule has 0 bridgehead atoms. The van der Waals surface area contributed by atoms with Gasteiger partial charge < -0.3 is 15.0 Å². The fraction of sp³-hybridized carbons (Fsp3) is 0.588. The summed E-state index contributed by atoms with van der Waals surface area (Å²) in [7, 11) is 1.90. The Hall–Kier alpha value is -1.39. The zero-order valence-corrected chi connectivity index (χ0v) is 13.5. The van der Waals surface area contributed by atoms with Crippen LogP contribution in [0.2, 0.25) is 0 Å². The minimum Gasteiger partial charge on any atom is -0.373 e. The van der Waals surface area contributed by atoms with Gasteiger partial charge in [0.05, 0.1) is 12.7 Å². The third-order valence-corrected chi connectivity index (χ3v) is 3.86. The van der Waals surface area contributed by atoms with E-state index in [0.717, 1.165) is 12.1 Å². The first kappa shape index (κ1) is 16.0. The van der Waals surface area contributed by atoms with E-state index < -0.39 is 0 Å². The van der Waals surface area contributed by atoms with Crippen molar-refractivity contribution in [2.24, 2.45) is 0 Å². The number of benzene rings is 1. The van der Waals surface area contributed by atoms with Gasteiger partial charge in [0.2, 0.25) is 0 Å². The summed E-state index contributed by atoms with van der Waals surface area (Å²) in [5, 5.41) is 3.10. The van der Waals surface area contributed by atoms with E-state index in [1.165, 1.54) is 5.56 Å². The van der Waals surface area contributed by atoms with Gasteiger partial charge in [0.15, 0.2) is 0 Å². The van der Waals surface area contributed by atoms with Gasteiger partial charge in [-0.1, -0.05) is 32.9 Å². The number of nitrogens with zero attached hydrogens (tertiary/aromatic N) is 1. The van der Waals surface area contributed by atoms with Crippen LogP contribution in [0.5, 0.6) is 0 Å². The molecule has 0 aliphatic carbocycles. The summed E-state index contributed by atoms with van der Waals surface area (Å²) in [6.07, 6.45) is 0.0848. The molecule has 116 valence electrons. The largest absolute Gasteiger partial charge is 0.373 e. The van der Waals surface area contributed by atoms with E-state index in [2.05, 4.69) is 38.2 Å². The second-order valence-electron chi connectivity index (χ2n) is 6.63. The summed E-state index contributed by atoms with van der Waals surface area (Å²) >= 11 is 0. The Labute approximate surface area is 127 Å². The standard InChI is InChI=1S/C17H26N2O2/c1-17(2,3)14-7-5-13(6-8-14)16(20)19-9-10-21-15(12-19)11-18-4/h5-8,15,18H,9-12H2,1-4H3. The fourth-order valence-corrected chi connectivity index (χ4v) is 2.55. The first-order valence-corrected chi connectivity index (χ1v) is 7.58. The molecule has 1 N–H and O–H groups in total. The summed E-state index contributed by atoms with van der Waals surface area (Å²) in [5.74, 6) is 0.0971. The molecule has 1 saturated heterocycles. The molecular formula is C17H26N2O2. The number of rotatable bonds is 3. The number of carbonyl (C=O) groups excluding carboxylic acids is 1. The van der Waals surface area contributed by atoms with Gasteiger partial charge in [-0.15, -0.1) is 0 Å². The highest BCUT2D eigenvalue weighted by molar-refractivity contribution is 5.94. The van der Waals surface area contributed by atoms with Crippen molar-refractivity contribution in [3.8, 4) is 0 Å². The first-order valence-electron chi connectivity index (χ1n) is 7.58. The van der Waals surface area contributed by atoms with Crippen molar-refractivity contribution in [1.82, 2.24) is 10.2 Å². The normalized spacial score (nSPS) is 19.6. The predicted octanol–water partition coefficient (Wildman–Crippen LogP) is 2.04. The maximum Gasteiger partial charge on any atom is 0.254 e. The topological polar surface area (TPSA) is 41.6 Å². The summed E-state index contributed by atoms with van der Waals surface area (Å²) in [6.45, 7) is 9.22. The summed E-state index contributed by atoms with van der Waals surface area (Å²) in [5.41, 5.74) is 2.11. The number of hydrogen-bond acceptors (Lipinski definition) is 3. The lowest BCUT2D eigenvalue weighted by Gasteiger charge is -2.33. The Morgan fingerprint density at radius 1 is 1.33 bits per heavy atom. The lowest BCUT2D eigenvalue weighted by atomic mass is 9.86. The molecule has 1 aliphatic heterocycles. The van der Waals surface area contributed by atoms with Crippen molar-refractivity contribution >= 4 is 5.91 Å². The van der Waals surface area contributed by atoms with Crippen LogP contribution in [-0.2, 0) is 10.2 Å². The van der Waals surface area contributed by atoms with E-state index in [4.69, 9.17) is 4.74 Å². The minimum atomic E-state index is 0.0848. The number of hydrogen-bond donors (Lipinski definition) is 1. The van der Waals surface area contributed by atoms with Crippen molar-refractivity contribution in [2.45, 2.75) is 32.3 Å². The Morgan fingerprint density at radius 3 is 2.57 bits per heavy atom. The fourth-order valence-electron chi connectivity index (χ4n) is 2.55.